The molecule has 20 heavy (non-hydrogen) atoms. The van der Waals surface area contributed by atoms with Crippen LogP contribution in [0.3, 0.4) is 0 Å². The molecule has 0 radical (unpaired) electrons. The van der Waals surface area contributed by atoms with Gasteiger partial charge in [-0.25, -0.2) is 0 Å². The Morgan fingerprint density at radius 3 is 2.40 bits per heavy atom. The van der Waals surface area contributed by atoms with E-state index in [9.17, 15) is 4.79 Å². The average Bonchev–Trinajstić information content (AvgIpc) is 2.50. The minimum atomic E-state index is -0.319. The summed E-state index contributed by atoms with van der Waals surface area (Å²) in [5.41, 5.74) is 7.71. The largest absolute Gasteiger partial charge is 0.349 e. The number of pyridine rings is 1. The quantitative estimate of drug-likeness (QED) is 0.872. The predicted octanol–water partition coefficient (Wildman–Crippen LogP) is 2.00. The molecule has 1 aromatic heterocycles. The van der Waals surface area contributed by atoms with Gasteiger partial charge in [-0.15, -0.1) is 0 Å². The molecule has 2 aromatic rings. The second kappa shape index (κ2) is 6.82. The van der Waals surface area contributed by atoms with Crippen LogP contribution in [-0.4, -0.2) is 17.4 Å². The van der Waals surface area contributed by atoms with Gasteiger partial charge in [-0.3, -0.25) is 9.78 Å². The Morgan fingerprint density at radius 1 is 1.15 bits per heavy atom. The van der Waals surface area contributed by atoms with Gasteiger partial charge in [0, 0.05) is 18.9 Å². The van der Waals surface area contributed by atoms with Crippen molar-refractivity contribution in [2.24, 2.45) is 5.73 Å². The van der Waals surface area contributed by atoms with Crippen LogP contribution in [0.4, 0.5) is 0 Å². The fourth-order valence-corrected chi connectivity index (χ4v) is 2.13. The zero-order chi connectivity index (χ0) is 14.4. The molecule has 2 atom stereocenters. The number of hydrogen-bond donors (Lipinski definition) is 2. The molecule has 4 heteroatoms. The number of carbonyl (C=O) groups is 1. The van der Waals surface area contributed by atoms with E-state index in [2.05, 4.69) is 10.3 Å². The molecular weight excluding hydrogens is 250 g/mol. The summed E-state index contributed by atoms with van der Waals surface area (Å²) in [6.07, 6.45) is 3.44. The van der Waals surface area contributed by atoms with E-state index in [0.717, 1.165) is 11.1 Å². The van der Waals surface area contributed by atoms with Crippen LogP contribution in [-0.2, 0) is 4.79 Å². The van der Waals surface area contributed by atoms with E-state index in [0.29, 0.717) is 6.54 Å². The van der Waals surface area contributed by atoms with Gasteiger partial charge in [0.1, 0.15) is 0 Å². The summed E-state index contributed by atoms with van der Waals surface area (Å²) >= 11 is 0. The van der Waals surface area contributed by atoms with Crippen molar-refractivity contribution in [1.82, 2.24) is 10.3 Å². The molecule has 3 N–H and O–H groups in total. The minimum Gasteiger partial charge on any atom is -0.349 e. The lowest BCUT2D eigenvalue weighted by molar-refractivity contribution is -0.123. The lowest BCUT2D eigenvalue weighted by Gasteiger charge is -2.19. The molecule has 1 heterocycles. The van der Waals surface area contributed by atoms with Gasteiger partial charge >= 0.3 is 0 Å². The third-order valence-corrected chi connectivity index (χ3v) is 3.32. The summed E-state index contributed by atoms with van der Waals surface area (Å²) in [6, 6.07) is 13.3. The number of aromatic nitrogens is 1. The van der Waals surface area contributed by atoms with E-state index in [4.69, 9.17) is 5.73 Å². The Bertz CT molecular complexity index is 542. The van der Waals surface area contributed by atoms with Gasteiger partial charge in [0.15, 0.2) is 0 Å². The Morgan fingerprint density at radius 2 is 1.80 bits per heavy atom. The minimum absolute atomic E-state index is 0.0528. The molecule has 1 aromatic carbocycles. The molecule has 0 aliphatic carbocycles. The van der Waals surface area contributed by atoms with Crippen molar-refractivity contribution in [3.63, 3.8) is 0 Å². The highest BCUT2D eigenvalue weighted by atomic mass is 16.1. The van der Waals surface area contributed by atoms with Crippen LogP contribution in [0.5, 0.6) is 0 Å². The lowest BCUT2D eigenvalue weighted by Crippen LogP contribution is -2.35. The number of rotatable bonds is 5. The van der Waals surface area contributed by atoms with Crippen molar-refractivity contribution in [3.05, 3.63) is 66.0 Å². The van der Waals surface area contributed by atoms with Gasteiger partial charge in [-0.1, -0.05) is 30.3 Å². The van der Waals surface area contributed by atoms with Gasteiger partial charge < -0.3 is 11.1 Å². The molecule has 2 unspecified atom stereocenters. The second-order valence-electron chi connectivity index (χ2n) is 4.71. The van der Waals surface area contributed by atoms with E-state index in [1.165, 1.54) is 0 Å². The first kappa shape index (κ1) is 14.2. The summed E-state index contributed by atoms with van der Waals surface area (Å²) in [5.74, 6) is -0.372. The Hall–Kier alpha value is -2.20. The van der Waals surface area contributed by atoms with Crippen molar-refractivity contribution in [2.45, 2.75) is 18.9 Å². The van der Waals surface area contributed by atoms with Gasteiger partial charge in [-0.05, 0) is 30.2 Å². The molecule has 2 rings (SSSR count). The van der Waals surface area contributed by atoms with Crippen molar-refractivity contribution in [3.8, 4) is 0 Å². The third kappa shape index (κ3) is 3.42. The SMILES string of the molecule is CC(NC(=O)C(CN)c1ccccc1)c1ccncc1. The molecule has 0 aliphatic heterocycles. The van der Waals surface area contributed by atoms with Crippen LogP contribution in [0.1, 0.15) is 30.0 Å². The molecule has 0 bridgehead atoms. The second-order valence-corrected chi connectivity index (χ2v) is 4.71. The zero-order valence-electron chi connectivity index (χ0n) is 11.5. The van der Waals surface area contributed by atoms with E-state index in [-0.39, 0.29) is 17.9 Å². The highest BCUT2D eigenvalue weighted by molar-refractivity contribution is 5.84. The molecular formula is C16H19N3O. The molecule has 1 amide bonds. The Balaban J connectivity index is 2.07. The van der Waals surface area contributed by atoms with Crippen LogP contribution in [0.15, 0.2) is 54.9 Å². The number of nitrogens with one attached hydrogen (secondary N) is 1. The van der Waals surface area contributed by atoms with Crippen molar-refractivity contribution >= 4 is 5.91 Å². The summed E-state index contributed by atoms with van der Waals surface area (Å²) < 4.78 is 0. The topological polar surface area (TPSA) is 68.0 Å². The van der Waals surface area contributed by atoms with Crippen LogP contribution in [0.2, 0.25) is 0 Å². The molecule has 4 nitrogen and oxygen atoms in total. The first-order valence-corrected chi connectivity index (χ1v) is 6.67. The highest BCUT2D eigenvalue weighted by Crippen LogP contribution is 2.17. The highest BCUT2D eigenvalue weighted by Gasteiger charge is 2.20. The zero-order valence-corrected chi connectivity index (χ0v) is 11.5. The monoisotopic (exact) mass is 269 g/mol. The maximum atomic E-state index is 12.4. The van der Waals surface area contributed by atoms with E-state index >= 15 is 0 Å². The van der Waals surface area contributed by atoms with Crippen molar-refractivity contribution in [2.75, 3.05) is 6.54 Å². The van der Waals surface area contributed by atoms with Crippen LogP contribution in [0.25, 0.3) is 0 Å². The molecule has 0 fully saturated rings. The van der Waals surface area contributed by atoms with Gasteiger partial charge in [-0.2, -0.15) is 0 Å². The van der Waals surface area contributed by atoms with Crippen LogP contribution >= 0.6 is 0 Å². The van der Waals surface area contributed by atoms with Crippen molar-refractivity contribution < 1.29 is 4.79 Å². The molecule has 104 valence electrons. The van der Waals surface area contributed by atoms with E-state index < -0.39 is 0 Å². The number of nitrogens with two attached hydrogens (primary N) is 1. The lowest BCUT2D eigenvalue weighted by atomic mass is 9.97. The molecule has 0 saturated carbocycles. The molecule has 0 spiro atoms. The first-order valence-electron chi connectivity index (χ1n) is 6.67. The van der Waals surface area contributed by atoms with E-state index in [1.807, 2.05) is 49.4 Å². The number of amides is 1. The smallest absolute Gasteiger partial charge is 0.229 e. The first-order chi connectivity index (χ1) is 9.72. The predicted molar refractivity (Wildman–Crippen MR) is 79.0 cm³/mol. The number of carbonyl (C=O) groups excluding carboxylic acids is 1. The molecule has 0 saturated heterocycles. The van der Waals surface area contributed by atoms with Gasteiger partial charge in [0.2, 0.25) is 5.91 Å². The summed E-state index contributed by atoms with van der Waals surface area (Å²) in [6.45, 7) is 2.24. The summed E-state index contributed by atoms with van der Waals surface area (Å²) in [4.78, 5) is 16.3. The number of benzene rings is 1. The number of nitrogens with zero attached hydrogens (tertiary/aromatic N) is 1. The average molecular weight is 269 g/mol. The third-order valence-electron chi connectivity index (χ3n) is 3.32. The summed E-state index contributed by atoms with van der Waals surface area (Å²) in [7, 11) is 0. The fraction of sp³-hybridized carbons (Fsp3) is 0.250. The maximum Gasteiger partial charge on any atom is 0.229 e. The van der Waals surface area contributed by atoms with Gasteiger partial charge in [0.05, 0.1) is 12.0 Å². The van der Waals surface area contributed by atoms with E-state index in [1.54, 1.807) is 12.4 Å². The fourth-order valence-electron chi connectivity index (χ4n) is 2.13. The Labute approximate surface area is 119 Å². The standard InChI is InChI=1S/C16H19N3O/c1-12(13-7-9-18-10-8-13)19-16(20)15(11-17)14-5-3-2-4-6-14/h2-10,12,15H,11,17H2,1H3,(H,19,20). The normalized spacial score (nSPS) is 13.5. The maximum absolute atomic E-state index is 12.4. The van der Waals surface area contributed by atoms with Crippen LogP contribution in [0, 0.1) is 0 Å². The number of hydrogen-bond acceptors (Lipinski definition) is 3. The van der Waals surface area contributed by atoms with Crippen molar-refractivity contribution in [1.29, 1.82) is 0 Å². The Kier molecular flexibility index (Phi) is 4.85. The molecule has 0 aliphatic rings. The van der Waals surface area contributed by atoms with Gasteiger partial charge in [0.25, 0.3) is 0 Å². The summed E-state index contributed by atoms with van der Waals surface area (Å²) in [5, 5.41) is 3.00. The van der Waals surface area contributed by atoms with Crippen LogP contribution < -0.4 is 11.1 Å².